The van der Waals surface area contributed by atoms with Crippen molar-refractivity contribution in [3.05, 3.63) is 60.0 Å². The van der Waals surface area contributed by atoms with E-state index < -0.39 is 0 Å². The van der Waals surface area contributed by atoms with Crippen molar-refractivity contribution in [2.24, 2.45) is 10.7 Å². The number of amides is 1. The Bertz CT molecular complexity index is 995. The molecule has 146 valence electrons. The number of aliphatic imine (C=N–C) groups is 1. The molecule has 1 aliphatic heterocycles. The number of rotatable bonds is 6. The van der Waals surface area contributed by atoms with E-state index in [9.17, 15) is 4.79 Å². The van der Waals surface area contributed by atoms with E-state index in [2.05, 4.69) is 27.6 Å². The van der Waals surface area contributed by atoms with Gasteiger partial charge in [0.2, 0.25) is 0 Å². The molecule has 2 N–H and O–H groups in total. The molecule has 3 rings (SSSR count). The Kier molecular flexibility index (Phi) is 7.14. The predicted molar refractivity (Wildman–Crippen MR) is 123 cm³/mol. The van der Waals surface area contributed by atoms with E-state index in [-0.39, 0.29) is 17.7 Å². The molecule has 0 spiro atoms. The zero-order valence-electron chi connectivity index (χ0n) is 14.7. The molecule has 2 aromatic carbocycles. The van der Waals surface area contributed by atoms with Crippen LogP contribution in [0.3, 0.4) is 0 Å². The van der Waals surface area contributed by atoms with Gasteiger partial charge in [-0.1, -0.05) is 29.3 Å². The summed E-state index contributed by atoms with van der Waals surface area (Å²) in [4.78, 5) is 16.0. The first-order valence-corrected chi connectivity index (χ1v) is 10.8. The third-order valence-electron chi connectivity index (χ3n) is 3.65. The number of hydrogen-bond acceptors (Lipinski definition) is 5. The Labute approximate surface area is 190 Å². The van der Waals surface area contributed by atoms with Crippen molar-refractivity contribution in [2.45, 2.75) is 13.5 Å². The Hall–Kier alpha value is -1.42. The van der Waals surface area contributed by atoms with E-state index in [1.165, 1.54) is 0 Å². The lowest BCUT2D eigenvalue weighted by Crippen LogP contribution is -2.02. The monoisotopic (exact) mass is 548 g/mol. The molecule has 0 saturated heterocycles. The topological polar surface area (TPSA) is 73.9 Å². The number of benzene rings is 2. The normalized spacial score (nSPS) is 15.1. The number of amidine groups is 1. The van der Waals surface area contributed by atoms with Crippen LogP contribution in [0.5, 0.6) is 11.5 Å². The first-order chi connectivity index (χ1) is 13.4. The molecule has 0 radical (unpaired) electrons. The van der Waals surface area contributed by atoms with Gasteiger partial charge in [0.25, 0.3) is 5.91 Å². The highest BCUT2D eigenvalue weighted by Gasteiger charge is 2.20. The molecule has 0 fully saturated rings. The van der Waals surface area contributed by atoms with Crippen LogP contribution in [0.1, 0.15) is 18.1 Å². The molecule has 0 atom stereocenters. The van der Waals surface area contributed by atoms with Crippen molar-refractivity contribution < 1.29 is 14.3 Å². The van der Waals surface area contributed by atoms with E-state index in [0.717, 1.165) is 26.5 Å². The van der Waals surface area contributed by atoms with Crippen LogP contribution in [0, 0.1) is 3.57 Å². The second-order valence-electron chi connectivity index (χ2n) is 5.65. The van der Waals surface area contributed by atoms with E-state index in [0.29, 0.717) is 33.1 Å². The van der Waals surface area contributed by atoms with Gasteiger partial charge in [-0.25, -0.2) is 0 Å². The third kappa shape index (κ3) is 5.14. The molecule has 28 heavy (non-hydrogen) atoms. The van der Waals surface area contributed by atoms with E-state index in [1.807, 2.05) is 25.1 Å². The minimum Gasteiger partial charge on any atom is -0.490 e. The summed E-state index contributed by atoms with van der Waals surface area (Å²) in [6.45, 7) is 2.63. The molecule has 0 aliphatic carbocycles. The number of nitrogens with two attached hydrogens (primary N) is 1. The molecule has 1 heterocycles. The van der Waals surface area contributed by atoms with Gasteiger partial charge in [-0.3, -0.25) is 4.79 Å². The van der Waals surface area contributed by atoms with Crippen molar-refractivity contribution >= 4 is 74.7 Å². The summed E-state index contributed by atoms with van der Waals surface area (Å²) < 4.78 is 12.6. The van der Waals surface area contributed by atoms with Crippen LogP contribution in [-0.4, -0.2) is 17.7 Å². The average Bonchev–Trinajstić information content (AvgIpc) is 2.93. The molecule has 0 aromatic heterocycles. The molecule has 0 unspecified atom stereocenters. The van der Waals surface area contributed by atoms with Gasteiger partial charge in [-0.15, -0.1) is 0 Å². The number of carbonyl (C=O) groups excluding carboxylic acids is 1. The molecule has 5 nitrogen and oxygen atoms in total. The zero-order chi connectivity index (χ0) is 20.3. The van der Waals surface area contributed by atoms with Crippen LogP contribution >= 0.6 is 57.6 Å². The summed E-state index contributed by atoms with van der Waals surface area (Å²) in [7, 11) is 0. The van der Waals surface area contributed by atoms with Crippen LogP contribution in [-0.2, 0) is 11.4 Å². The maximum Gasteiger partial charge on any atom is 0.286 e. The molecule has 2 aromatic rings. The van der Waals surface area contributed by atoms with Crippen LogP contribution in [0.15, 0.2) is 40.2 Å². The molecule has 1 amide bonds. The Morgan fingerprint density at radius 2 is 2.04 bits per heavy atom. The van der Waals surface area contributed by atoms with Crippen LogP contribution in [0.2, 0.25) is 10.0 Å². The maximum absolute atomic E-state index is 11.8. The fourth-order valence-corrected chi connectivity index (χ4v) is 4.37. The minimum absolute atomic E-state index is 0.246. The number of halogens is 3. The second kappa shape index (κ2) is 9.39. The predicted octanol–water partition coefficient (Wildman–Crippen LogP) is 5.50. The highest BCUT2D eigenvalue weighted by molar-refractivity contribution is 14.1. The summed E-state index contributed by atoms with van der Waals surface area (Å²) in [6, 6.07) is 8.98. The van der Waals surface area contributed by atoms with E-state index in [4.69, 9.17) is 38.4 Å². The summed E-state index contributed by atoms with van der Waals surface area (Å²) in [5.41, 5.74) is 7.22. The molecule has 0 bridgehead atoms. The minimum atomic E-state index is -0.340. The Balaban J connectivity index is 1.87. The van der Waals surface area contributed by atoms with Crippen molar-refractivity contribution in [3.63, 3.8) is 0 Å². The van der Waals surface area contributed by atoms with Crippen LogP contribution < -0.4 is 15.2 Å². The van der Waals surface area contributed by atoms with Crippen molar-refractivity contribution in [1.82, 2.24) is 0 Å². The first-order valence-electron chi connectivity index (χ1n) is 8.18. The number of ether oxygens (including phenoxy) is 2. The largest absolute Gasteiger partial charge is 0.490 e. The van der Waals surface area contributed by atoms with Gasteiger partial charge < -0.3 is 15.2 Å². The Morgan fingerprint density at radius 3 is 2.68 bits per heavy atom. The Morgan fingerprint density at radius 1 is 1.25 bits per heavy atom. The number of hydrogen-bond donors (Lipinski definition) is 1. The molecular weight excluding hydrogens is 534 g/mol. The fourth-order valence-electron chi connectivity index (χ4n) is 2.44. The average molecular weight is 549 g/mol. The van der Waals surface area contributed by atoms with Gasteiger partial charge in [-0.2, -0.15) is 4.99 Å². The van der Waals surface area contributed by atoms with Gasteiger partial charge in [0, 0.05) is 15.6 Å². The van der Waals surface area contributed by atoms with Gasteiger partial charge in [-0.05, 0) is 77.2 Å². The standard InChI is InChI=1S/C19H15Cl2IN2O3S/c1-2-26-15-6-10(7-16-18(25)24-19(23)28-16)5-14(22)17(15)27-9-11-3-4-12(20)8-13(11)21/h3-8H,2,9H2,1H3,(H2,23,24,25). The summed E-state index contributed by atoms with van der Waals surface area (Å²) in [6.07, 6.45) is 1.74. The smallest absolute Gasteiger partial charge is 0.286 e. The maximum atomic E-state index is 11.8. The van der Waals surface area contributed by atoms with Gasteiger partial charge in [0.1, 0.15) is 6.61 Å². The lowest BCUT2D eigenvalue weighted by atomic mass is 10.2. The number of thioether (sulfide) groups is 1. The van der Waals surface area contributed by atoms with E-state index >= 15 is 0 Å². The number of carbonyl (C=O) groups is 1. The highest BCUT2D eigenvalue weighted by atomic mass is 127. The lowest BCUT2D eigenvalue weighted by Gasteiger charge is -2.15. The lowest BCUT2D eigenvalue weighted by molar-refractivity contribution is -0.113. The zero-order valence-corrected chi connectivity index (χ0v) is 19.2. The number of nitrogens with zero attached hydrogens (tertiary/aromatic N) is 1. The summed E-state index contributed by atoms with van der Waals surface area (Å²) in [5.74, 6) is 0.848. The van der Waals surface area contributed by atoms with Crippen molar-refractivity contribution in [3.8, 4) is 11.5 Å². The molecule has 1 aliphatic rings. The van der Waals surface area contributed by atoms with Crippen LogP contribution in [0.4, 0.5) is 0 Å². The SMILES string of the molecule is CCOc1cc(C=C2SC(N)=NC2=O)cc(I)c1OCc1ccc(Cl)cc1Cl. The van der Waals surface area contributed by atoms with Gasteiger partial charge >= 0.3 is 0 Å². The summed E-state index contributed by atoms with van der Waals surface area (Å²) in [5, 5.41) is 1.35. The van der Waals surface area contributed by atoms with Gasteiger partial charge in [0.05, 0.1) is 15.1 Å². The van der Waals surface area contributed by atoms with Gasteiger partial charge in [0.15, 0.2) is 16.7 Å². The molecule has 9 heteroatoms. The molecular formula is C19H15Cl2IN2O3S. The van der Waals surface area contributed by atoms with Crippen LogP contribution in [0.25, 0.3) is 6.08 Å². The second-order valence-corrected chi connectivity index (χ2v) is 8.72. The summed E-state index contributed by atoms with van der Waals surface area (Å²) >= 11 is 15.5. The van der Waals surface area contributed by atoms with Crippen molar-refractivity contribution in [2.75, 3.05) is 6.61 Å². The highest BCUT2D eigenvalue weighted by Crippen LogP contribution is 2.37. The fraction of sp³-hybridized carbons (Fsp3) is 0.158. The third-order valence-corrected chi connectivity index (χ3v) is 5.85. The van der Waals surface area contributed by atoms with E-state index in [1.54, 1.807) is 18.2 Å². The van der Waals surface area contributed by atoms with Crippen molar-refractivity contribution in [1.29, 1.82) is 0 Å². The molecule has 0 saturated carbocycles. The first kappa shape index (κ1) is 21.3. The quantitative estimate of drug-likeness (QED) is 0.381.